The van der Waals surface area contributed by atoms with Crippen LogP contribution in [0.25, 0.3) is 12.2 Å². The first-order chi connectivity index (χ1) is 11.2. The minimum atomic E-state index is -0.312. The van der Waals surface area contributed by atoms with Crippen LogP contribution in [0.2, 0.25) is 0 Å². The van der Waals surface area contributed by atoms with Crippen LogP contribution in [-0.2, 0) is 0 Å². The predicted molar refractivity (Wildman–Crippen MR) is 92.7 cm³/mol. The standard InChI is InChI=1S/C20H16FNO/c21-17-12-13-19(22)16(14-17)11-10-15-6-4-5-9-20(15)23-18-7-2-1-3-8-18/h1-14H,22H2/b11-10+. The van der Waals surface area contributed by atoms with E-state index in [2.05, 4.69) is 0 Å². The molecule has 0 radical (unpaired) electrons. The number of halogens is 1. The average molecular weight is 305 g/mol. The van der Waals surface area contributed by atoms with Crippen molar-refractivity contribution in [3.05, 3.63) is 89.7 Å². The monoisotopic (exact) mass is 305 g/mol. The van der Waals surface area contributed by atoms with Gasteiger partial charge in [0.05, 0.1) is 0 Å². The van der Waals surface area contributed by atoms with Crippen molar-refractivity contribution in [1.82, 2.24) is 0 Å². The molecule has 0 aliphatic rings. The molecule has 3 heteroatoms. The van der Waals surface area contributed by atoms with Crippen LogP contribution in [0.1, 0.15) is 11.1 Å². The van der Waals surface area contributed by atoms with Crippen LogP contribution < -0.4 is 10.5 Å². The first-order valence-corrected chi connectivity index (χ1v) is 7.27. The van der Waals surface area contributed by atoms with Gasteiger partial charge in [0.15, 0.2) is 0 Å². The van der Waals surface area contributed by atoms with Crippen molar-refractivity contribution in [1.29, 1.82) is 0 Å². The van der Waals surface area contributed by atoms with Gasteiger partial charge in [0.2, 0.25) is 0 Å². The topological polar surface area (TPSA) is 35.2 Å². The van der Waals surface area contributed by atoms with Gasteiger partial charge >= 0.3 is 0 Å². The summed E-state index contributed by atoms with van der Waals surface area (Å²) < 4.78 is 19.2. The number of rotatable bonds is 4. The number of benzene rings is 3. The van der Waals surface area contributed by atoms with E-state index in [1.807, 2.05) is 60.7 Å². The van der Waals surface area contributed by atoms with Crippen molar-refractivity contribution in [2.24, 2.45) is 0 Å². The Hall–Kier alpha value is -3.07. The number of hydrogen-bond donors (Lipinski definition) is 1. The molecule has 2 N–H and O–H groups in total. The SMILES string of the molecule is Nc1ccc(F)cc1/C=C/c1ccccc1Oc1ccccc1. The van der Waals surface area contributed by atoms with Crippen LogP contribution in [0.15, 0.2) is 72.8 Å². The molecular formula is C20H16FNO. The largest absolute Gasteiger partial charge is 0.457 e. The summed E-state index contributed by atoms with van der Waals surface area (Å²) in [5, 5.41) is 0. The fourth-order valence-corrected chi connectivity index (χ4v) is 2.20. The molecule has 0 saturated heterocycles. The molecule has 0 atom stereocenters. The molecule has 2 nitrogen and oxygen atoms in total. The zero-order valence-corrected chi connectivity index (χ0v) is 12.4. The summed E-state index contributed by atoms with van der Waals surface area (Å²) in [5.74, 6) is 1.18. The third-order valence-electron chi connectivity index (χ3n) is 3.38. The second-order valence-electron chi connectivity index (χ2n) is 5.06. The first kappa shape index (κ1) is 14.9. The van der Waals surface area contributed by atoms with E-state index in [0.29, 0.717) is 11.3 Å². The van der Waals surface area contributed by atoms with E-state index in [4.69, 9.17) is 10.5 Å². The third kappa shape index (κ3) is 3.77. The zero-order chi connectivity index (χ0) is 16.1. The molecule has 23 heavy (non-hydrogen) atoms. The van der Waals surface area contributed by atoms with Crippen molar-refractivity contribution in [2.75, 3.05) is 5.73 Å². The zero-order valence-electron chi connectivity index (χ0n) is 12.4. The number of hydrogen-bond acceptors (Lipinski definition) is 2. The van der Waals surface area contributed by atoms with Gasteiger partial charge in [0.25, 0.3) is 0 Å². The van der Waals surface area contributed by atoms with Gasteiger partial charge in [-0.25, -0.2) is 4.39 Å². The molecule has 0 fully saturated rings. The number of nitrogen functional groups attached to an aromatic ring is 1. The van der Waals surface area contributed by atoms with Crippen LogP contribution in [0.5, 0.6) is 11.5 Å². The van der Waals surface area contributed by atoms with E-state index >= 15 is 0 Å². The van der Waals surface area contributed by atoms with E-state index in [1.165, 1.54) is 12.1 Å². The van der Waals surface area contributed by atoms with E-state index in [1.54, 1.807) is 12.1 Å². The van der Waals surface area contributed by atoms with Crippen molar-refractivity contribution >= 4 is 17.8 Å². The molecule has 0 aliphatic carbocycles. The van der Waals surface area contributed by atoms with Gasteiger partial charge in [0, 0.05) is 16.8 Å². The molecule has 0 unspecified atom stereocenters. The summed E-state index contributed by atoms with van der Waals surface area (Å²) in [6, 6.07) is 21.5. The second-order valence-corrected chi connectivity index (χ2v) is 5.06. The molecule has 3 aromatic rings. The van der Waals surface area contributed by atoms with E-state index in [9.17, 15) is 4.39 Å². The highest BCUT2D eigenvalue weighted by Crippen LogP contribution is 2.27. The molecule has 0 aromatic heterocycles. The van der Waals surface area contributed by atoms with Gasteiger partial charge in [-0.15, -0.1) is 0 Å². The highest BCUT2D eigenvalue weighted by Gasteiger charge is 2.02. The Morgan fingerprint density at radius 3 is 2.30 bits per heavy atom. The van der Waals surface area contributed by atoms with Crippen molar-refractivity contribution in [3.8, 4) is 11.5 Å². The van der Waals surface area contributed by atoms with Crippen molar-refractivity contribution < 1.29 is 9.13 Å². The molecule has 3 rings (SSSR count). The molecule has 114 valence electrons. The maximum Gasteiger partial charge on any atom is 0.134 e. The molecule has 0 saturated carbocycles. The van der Waals surface area contributed by atoms with Gasteiger partial charge in [-0.3, -0.25) is 0 Å². The van der Waals surface area contributed by atoms with Crippen LogP contribution >= 0.6 is 0 Å². The quantitative estimate of drug-likeness (QED) is 0.519. The van der Waals surface area contributed by atoms with Crippen LogP contribution in [-0.4, -0.2) is 0 Å². The Kier molecular flexibility index (Phi) is 4.39. The molecule has 0 amide bonds. The molecule has 0 bridgehead atoms. The predicted octanol–water partition coefficient (Wildman–Crippen LogP) is 5.37. The summed E-state index contributed by atoms with van der Waals surface area (Å²) in [6.07, 6.45) is 3.65. The Morgan fingerprint density at radius 2 is 1.48 bits per heavy atom. The smallest absolute Gasteiger partial charge is 0.134 e. The number of anilines is 1. The molecule has 0 aliphatic heterocycles. The Morgan fingerprint density at radius 1 is 0.783 bits per heavy atom. The highest BCUT2D eigenvalue weighted by atomic mass is 19.1. The van der Waals surface area contributed by atoms with Gasteiger partial charge < -0.3 is 10.5 Å². The molecule has 0 spiro atoms. The van der Waals surface area contributed by atoms with Gasteiger partial charge in [-0.2, -0.15) is 0 Å². The van der Waals surface area contributed by atoms with Crippen LogP contribution in [0.3, 0.4) is 0 Å². The summed E-state index contributed by atoms with van der Waals surface area (Å²) >= 11 is 0. The molecule has 3 aromatic carbocycles. The highest BCUT2D eigenvalue weighted by molar-refractivity contribution is 5.77. The Balaban J connectivity index is 1.88. The lowest BCUT2D eigenvalue weighted by atomic mass is 10.1. The lowest BCUT2D eigenvalue weighted by Gasteiger charge is -2.08. The van der Waals surface area contributed by atoms with Gasteiger partial charge in [-0.05, 0) is 36.4 Å². The summed E-state index contributed by atoms with van der Waals surface area (Å²) in [6.45, 7) is 0. The minimum absolute atomic E-state index is 0.312. The third-order valence-corrected chi connectivity index (χ3v) is 3.38. The van der Waals surface area contributed by atoms with Crippen molar-refractivity contribution in [3.63, 3.8) is 0 Å². The van der Waals surface area contributed by atoms with Gasteiger partial charge in [0.1, 0.15) is 17.3 Å². The average Bonchev–Trinajstić information content (AvgIpc) is 2.58. The number of para-hydroxylation sites is 2. The molecular weight excluding hydrogens is 289 g/mol. The molecule has 0 heterocycles. The van der Waals surface area contributed by atoms with E-state index in [0.717, 1.165) is 17.1 Å². The lowest BCUT2D eigenvalue weighted by molar-refractivity contribution is 0.481. The fraction of sp³-hybridized carbons (Fsp3) is 0. The normalized spacial score (nSPS) is 10.8. The number of ether oxygens (including phenoxy) is 1. The maximum atomic E-state index is 13.3. The number of nitrogens with two attached hydrogens (primary N) is 1. The summed E-state index contributed by atoms with van der Waals surface area (Å²) in [5.41, 5.74) is 7.92. The van der Waals surface area contributed by atoms with E-state index in [-0.39, 0.29) is 5.82 Å². The van der Waals surface area contributed by atoms with Crippen LogP contribution in [0, 0.1) is 5.82 Å². The van der Waals surface area contributed by atoms with Gasteiger partial charge in [-0.1, -0.05) is 48.6 Å². The lowest BCUT2D eigenvalue weighted by Crippen LogP contribution is -1.90. The minimum Gasteiger partial charge on any atom is -0.457 e. The van der Waals surface area contributed by atoms with E-state index < -0.39 is 0 Å². The van der Waals surface area contributed by atoms with Crippen LogP contribution in [0.4, 0.5) is 10.1 Å². The Labute approximate surface area is 134 Å². The first-order valence-electron chi connectivity index (χ1n) is 7.27. The summed E-state index contributed by atoms with van der Waals surface area (Å²) in [4.78, 5) is 0. The summed E-state index contributed by atoms with van der Waals surface area (Å²) in [7, 11) is 0. The fourth-order valence-electron chi connectivity index (χ4n) is 2.20. The van der Waals surface area contributed by atoms with Crippen molar-refractivity contribution in [2.45, 2.75) is 0 Å². The Bertz CT molecular complexity index is 828. The maximum absolute atomic E-state index is 13.3. The second kappa shape index (κ2) is 6.79.